The number of hydrogen-bond donors (Lipinski definition) is 1. The first-order valence-electron chi connectivity index (χ1n) is 6.69. The molecular weight excluding hydrogens is 335 g/mol. The highest BCUT2D eigenvalue weighted by atomic mass is 35.5. The molecule has 5 nitrogen and oxygen atoms in total. The van der Waals surface area contributed by atoms with Gasteiger partial charge in [0.15, 0.2) is 5.82 Å². The van der Waals surface area contributed by atoms with E-state index in [1.54, 1.807) is 25.3 Å². The van der Waals surface area contributed by atoms with Crippen LogP contribution in [0.3, 0.4) is 0 Å². The lowest BCUT2D eigenvalue weighted by atomic mass is 10.1. The number of anilines is 1. The summed E-state index contributed by atoms with van der Waals surface area (Å²) in [6, 6.07) is 9.18. The van der Waals surface area contributed by atoms with E-state index >= 15 is 0 Å². The summed E-state index contributed by atoms with van der Waals surface area (Å²) in [4.78, 5) is 4.30. The number of nitriles is 1. The molecule has 0 saturated heterocycles. The topological polar surface area (TPSA) is 70.3 Å². The molecule has 1 aromatic carbocycles. The molecule has 0 aliphatic carbocycles. The second-order valence-electron chi connectivity index (χ2n) is 4.70. The van der Waals surface area contributed by atoms with Crippen LogP contribution in [0.1, 0.15) is 22.4 Å². The average molecular weight is 349 g/mol. The number of aromatic nitrogens is 1. The van der Waals surface area contributed by atoms with Gasteiger partial charge in [0.05, 0.1) is 22.9 Å². The molecule has 0 amide bonds. The lowest BCUT2D eigenvalue weighted by molar-refractivity contribution is 0.184. The summed E-state index contributed by atoms with van der Waals surface area (Å²) in [6.45, 7) is 2.16. The standard InChI is InChI=1S/C16H14Cl2N4O/c1-10-6-12(9-23-2)13(7-19)16(21-10)22-20-8-11-4-3-5-14(17)15(11)18/h3-6,8H,9H2,1-2H3,(H,21,22)/b20-8-. The number of ether oxygens (including phenoxy) is 1. The zero-order valence-electron chi connectivity index (χ0n) is 12.6. The van der Waals surface area contributed by atoms with Crippen molar-refractivity contribution in [2.75, 3.05) is 12.5 Å². The first-order chi connectivity index (χ1) is 11.1. The van der Waals surface area contributed by atoms with Gasteiger partial charge in [-0.05, 0) is 19.1 Å². The van der Waals surface area contributed by atoms with Gasteiger partial charge in [0.1, 0.15) is 11.6 Å². The van der Waals surface area contributed by atoms with E-state index in [0.717, 1.165) is 11.3 Å². The molecule has 0 spiro atoms. The fourth-order valence-electron chi connectivity index (χ4n) is 2.00. The lowest BCUT2D eigenvalue weighted by Gasteiger charge is -2.09. The van der Waals surface area contributed by atoms with Gasteiger partial charge in [-0.1, -0.05) is 35.3 Å². The molecule has 23 heavy (non-hydrogen) atoms. The molecule has 0 atom stereocenters. The summed E-state index contributed by atoms with van der Waals surface area (Å²) in [5, 5.41) is 14.3. The molecule has 0 aliphatic heterocycles. The fourth-order valence-corrected chi connectivity index (χ4v) is 2.36. The highest BCUT2D eigenvalue weighted by Gasteiger charge is 2.11. The van der Waals surface area contributed by atoms with E-state index in [9.17, 15) is 5.26 Å². The number of rotatable bonds is 5. The zero-order valence-corrected chi connectivity index (χ0v) is 14.1. The van der Waals surface area contributed by atoms with Crippen molar-refractivity contribution >= 4 is 35.2 Å². The number of nitrogens with one attached hydrogen (secondary N) is 1. The number of benzene rings is 1. The predicted molar refractivity (Wildman–Crippen MR) is 92.1 cm³/mol. The van der Waals surface area contributed by atoms with Crippen LogP contribution in [0.2, 0.25) is 10.0 Å². The second-order valence-corrected chi connectivity index (χ2v) is 5.49. The number of nitrogens with zero attached hydrogens (tertiary/aromatic N) is 3. The van der Waals surface area contributed by atoms with Crippen molar-refractivity contribution in [2.24, 2.45) is 5.10 Å². The van der Waals surface area contributed by atoms with Crippen LogP contribution in [0.15, 0.2) is 29.4 Å². The van der Waals surface area contributed by atoms with Gasteiger partial charge in [0, 0.05) is 23.9 Å². The Kier molecular flexibility index (Phi) is 5.94. The van der Waals surface area contributed by atoms with Crippen molar-refractivity contribution in [2.45, 2.75) is 13.5 Å². The minimum absolute atomic E-state index is 0.324. The van der Waals surface area contributed by atoms with Gasteiger partial charge in [-0.3, -0.25) is 5.43 Å². The van der Waals surface area contributed by atoms with Gasteiger partial charge in [-0.25, -0.2) is 4.98 Å². The van der Waals surface area contributed by atoms with Crippen molar-refractivity contribution in [3.05, 3.63) is 56.7 Å². The van der Waals surface area contributed by atoms with Gasteiger partial charge >= 0.3 is 0 Å². The van der Waals surface area contributed by atoms with Gasteiger partial charge in [-0.15, -0.1) is 0 Å². The Bertz CT molecular complexity index is 784. The summed E-state index contributed by atoms with van der Waals surface area (Å²) in [5.74, 6) is 0.369. The number of pyridine rings is 1. The Labute approximate surface area is 144 Å². The second kappa shape index (κ2) is 7.93. The van der Waals surface area contributed by atoms with Crippen LogP contribution in [0.25, 0.3) is 0 Å². The monoisotopic (exact) mass is 348 g/mol. The maximum atomic E-state index is 9.34. The molecule has 1 N–H and O–H groups in total. The van der Waals surface area contributed by atoms with E-state index in [1.807, 2.05) is 13.0 Å². The fraction of sp³-hybridized carbons (Fsp3) is 0.188. The molecule has 2 rings (SSSR count). The maximum Gasteiger partial charge on any atom is 0.164 e. The van der Waals surface area contributed by atoms with Crippen LogP contribution >= 0.6 is 23.2 Å². The molecule has 0 unspecified atom stereocenters. The van der Waals surface area contributed by atoms with Crippen molar-refractivity contribution in [3.8, 4) is 6.07 Å². The Hall–Kier alpha value is -2.13. The third kappa shape index (κ3) is 4.20. The number of hydrogen-bond acceptors (Lipinski definition) is 5. The van der Waals surface area contributed by atoms with Gasteiger partial charge < -0.3 is 4.74 Å². The zero-order chi connectivity index (χ0) is 16.8. The van der Waals surface area contributed by atoms with E-state index in [4.69, 9.17) is 27.9 Å². The number of halogens is 2. The molecule has 0 radical (unpaired) electrons. The van der Waals surface area contributed by atoms with Crippen LogP contribution in [0, 0.1) is 18.3 Å². The molecule has 1 heterocycles. The van der Waals surface area contributed by atoms with Gasteiger partial charge in [-0.2, -0.15) is 10.4 Å². The van der Waals surface area contributed by atoms with Gasteiger partial charge in [0.2, 0.25) is 0 Å². The average Bonchev–Trinajstić information content (AvgIpc) is 2.51. The first kappa shape index (κ1) is 17.2. The first-order valence-corrected chi connectivity index (χ1v) is 7.45. The van der Waals surface area contributed by atoms with Crippen molar-refractivity contribution in [3.63, 3.8) is 0 Å². The number of methoxy groups -OCH3 is 1. The maximum absolute atomic E-state index is 9.34. The largest absolute Gasteiger partial charge is 0.380 e. The van der Waals surface area contributed by atoms with E-state index in [-0.39, 0.29) is 0 Å². The molecule has 1 aromatic heterocycles. The molecule has 2 aromatic rings. The van der Waals surface area contributed by atoms with E-state index in [0.29, 0.717) is 33.6 Å². The highest BCUT2D eigenvalue weighted by Crippen LogP contribution is 2.24. The molecule has 0 fully saturated rings. The molecule has 0 aliphatic rings. The van der Waals surface area contributed by atoms with Crippen molar-refractivity contribution < 1.29 is 4.74 Å². The summed E-state index contributed by atoms with van der Waals surface area (Å²) >= 11 is 12.0. The predicted octanol–water partition coefficient (Wildman–Crippen LogP) is 4.16. The van der Waals surface area contributed by atoms with E-state index in [1.165, 1.54) is 6.21 Å². The van der Waals surface area contributed by atoms with E-state index in [2.05, 4.69) is 21.6 Å². The van der Waals surface area contributed by atoms with Crippen LogP contribution in [0.5, 0.6) is 0 Å². The molecular formula is C16H14Cl2N4O. The van der Waals surface area contributed by atoms with Crippen LogP contribution in [-0.2, 0) is 11.3 Å². The highest BCUT2D eigenvalue weighted by molar-refractivity contribution is 6.43. The number of hydrazone groups is 1. The van der Waals surface area contributed by atoms with Gasteiger partial charge in [0.25, 0.3) is 0 Å². The minimum atomic E-state index is 0.324. The summed E-state index contributed by atoms with van der Waals surface area (Å²) in [5.41, 5.74) is 5.34. The minimum Gasteiger partial charge on any atom is -0.380 e. The Morgan fingerprint density at radius 1 is 1.43 bits per heavy atom. The molecule has 0 saturated carbocycles. The van der Waals surface area contributed by atoms with Crippen molar-refractivity contribution in [1.29, 1.82) is 5.26 Å². The summed E-state index contributed by atoms with van der Waals surface area (Å²) < 4.78 is 5.11. The molecule has 7 heteroatoms. The lowest BCUT2D eigenvalue weighted by Crippen LogP contribution is -2.03. The molecule has 118 valence electrons. The van der Waals surface area contributed by atoms with Crippen LogP contribution in [-0.4, -0.2) is 18.3 Å². The quantitative estimate of drug-likeness (QED) is 0.650. The van der Waals surface area contributed by atoms with Crippen LogP contribution in [0.4, 0.5) is 5.82 Å². The smallest absolute Gasteiger partial charge is 0.164 e. The Morgan fingerprint density at radius 3 is 2.91 bits per heavy atom. The number of aryl methyl sites for hydroxylation is 1. The Balaban J connectivity index is 2.28. The normalized spacial score (nSPS) is 10.7. The third-order valence-electron chi connectivity index (χ3n) is 3.00. The van der Waals surface area contributed by atoms with Crippen molar-refractivity contribution in [1.82, 2.24) is 4.98 Å². The SMILES string of the molecule is COCc1cc(C)nc(N/N=C\c2cccc(Cl)c2Cl)c1C#N. The molecule has 0 bridgehead atoms. The summed E-state index contributed by atoms with van der Waals surface area (Å²) in [7, 11) is 1.57. The Morgan fingerprint density at radius 2 is 2.22 bits per heavy atom. The third-order valence-corrected chi connectivity index (χ3v) is 3.83. The van der Waals surface area contributed by atoms with E-state index < -0.39 is 0 Å². The summed E-state index contributed by atoms with van der Waals surface area (Å²) in [6.07, 6.45) is 1.52. The van der Waals surface area contributed by atoms with Crippen LogP contribution < -0.4 is 5.43 Å².